The van der Waals surface area contributed by atoms with Crippen LogP contribution in [0.2, 0.25) is 0 Å². The molecule has 0 saturated carbocycles. The van der Waals surface area contributed by atoms with Gasteiger partial charge in [0.2, 0.25) is 15.9 Å². The highest BCUT2D eigenvalue weighted by atomic mass is 32.2. The van der Waals surface area contributed by atoms with Crippen LogP contribution >= 0.6 is 0 Å². The fraction of sp³-hybridized carbons (Fsp3) is 0.278. The number of carbonyl (C=O) groups excluding carboxylic acids is 1. The van der Waals surface area contributed by atoms with Gasteiger partial charge >= 0.3 is 0 Å². The highest BCUT2D eigenvalue weighted by Crippen LogP contribution is 2.28. The van der Waals surface area contributed by atoms with Crippen molar-refractivity contribution >= 4 is 21.6 Å². The smallest absolute Gasteiger partial charge is 0.242 e. The number of hydrogen-bond acceptors (Lipinski definition) is 3. The summed E-state index contributed by atoms with van der Waals surface area (Å²) >= 11 is 0. The van der Waals surface area contributed by atoms with Crippen LogP contribution in [0.3, 0.4) is 0 Å². The summed E-state index contributed by atoms with van der Waals surface area (Å²) in [6.45, 7) is 0.700. The van der Waals surface area contributed by atoms with Gasteiger partial charge in [-0.15, -0.1) is 0 Å². The molecule has 0 fully saturated rings. The summed E-state index contributed by atoms with van der Waals surface area (Å²) in [7, 11) is -0.445. The molecule has 2 aromatic rings. The molecule has 0 aliphatic carbocycles. The maximum absolute atomic E-state index is 12.6. The van der Waals surface area contributed by atoms with E-state index in [1.165, 1.54) is 24.0 Å². The molecule has 1 aliphatic rings. The molecule has 1 heterocycles. The zero-order valence-electron chi connectivity index (χ0n) is 13.8. The lowest BCUT2D eigenvalue weighted by atomic mass is 10.1. The zero-order chi connectivity index (χ0) is 17.3. The van der Waals surface area contributed by atoms with Crippen LogP contribution in [0.15, 0.2) is 53.4 Å². The van der Waals surface area contributed by atoms with E-state index in [0.29, 0.717) is 6.54 Å². The lowest BCUT2D eigenvalue weighted by Gasteiger charge is -2.17. The van der Waals surface area contributed by atoms with E-state index in [1.807, 2.05) is 24.3 Å². The van der Waals surface area contributed by atoms with E-state index in [1.54, 1.807) is 29.2 Å². The van der Waals surface area contributed by atoms with Gasteiger partial charge in [0, 0.05) is 26.3 Å². The molecule has 0 bridgehead atoms. The highest BCUT2D eigenvalue weighted by molar-refractivity contribution is 7.89. The van der Waals surface area contributed by atoms with E-state index in [2.05, 4.69) is 0 Å². The molecule has 1 aliphatic heterocycles. The number of sulfonamides is 1. The van der Waals surface area contributed by atoms with Gasteiger partial charge in [-0.25, -0.2) is 12.7 Å². The Balaban J connectivity index is 1.75. The maximum atomic E-state index is 12.6. The summed E-state index contributed by atoms with van der Waals surface area (Å²) in [4.78, 5) is 14.6. The number of benzene rings is 2. The van der Waals surface area contributed by atoms with Crippen molar-refractivity contribution in [3.8, 4) is 0 Å². The Labute approximate surface area is 142 Å². The monoisotopic (exact) mass is 344 g/mol. The van der Waals surface area contributed by atoms with Gasteiger partial charge in [0.05, 0.1) is 11.3 Å². The molecule has 24 heavy (non-hydrogen) atoms. The Morgan fingerprint density at radius 1 is 1.08 bits per heavy atom. The van der Waals surface area contributed by atoms with Crippen molar-refractivity contribution < 1.29 is 13.2 Å². The van der Waals surface area contributed by atoms with Crippen LogP contribution in [0, 0.1) is 0 Å². The van der Waals surface area contributed by atoms with Crippen LogP contribution in [-0.4, -0.2) is 39.3 Å². The molecule has 0 saturated heterocycles. The van der Waals surface area contributed by atoms with Gasteiger partial charge in [-0.1, -0.05) is 30.3 Å². The van der Waals surface area contributed by atoms with E-state index in [9.17, 15) is 13.2 Å². The number of amides is 1. The number of fused-ring (bicyclic) bond motifs is 1. The molecular weight excluding hydrogens is 324 g/mol. The normalized spacial score (nSPS) is 14.0. The van der Waals surface area contributed by atoms with Crippen molar-refractivity contribution in [3.63, 3.8) is 0 Å². The summed E-state index contributed by atoms with van der Waals surface area (Å²) in [6, 6.07) is 14.4. The number of carbonyl (C=O) groups is 1. The van der Waals surface area contributed by atoms with Crippen LogP contribution < -0.4 is 4.90 Å². The molecule has 0 unspecified atom stereocenters. The average Bonchev–Trinajstić information content (AvgIpc) is 2.99. The molecule has 1 amide bonds. The van der Waals surface area contributed by atoms with Crippen molar-refractivity contribution in [1.29, 1.82) is 0 Å². The van der Waals surface area contributed by atoms with Crippen molar-refractivity contribution in [3.05, 3.63) is 59.7 Å². The summed E-state index contributed by atoms with van der Waals surface area (Å²) in [5, 5.41) is 0. The van der Waals surface area contributed by atoms with Crippen LogP contribution in [0.4, 0.5) is 5.69 Å². The third kappa shape index (κ3) is 3.07. The average molecular weight is 344 g/mol. The van der Waals surface area contributed by atoms with Gasteiger partial charge in [0.15, 0.2) is 0 Å². The Hall–Kier alpha value is -2.18. The van der Waals surface area contributed by atoms with Crippen molar-refractivity contribution in [2.45, 2.75) is 17.7 Å². The largest absolute Gasteiger partial charge is 0.312 e. The van der Waals surface area contributed by atoms with Crippen molar-refractivity contribution in [2.75, 3.05) is 25.5 Å². The summed E-state index contributed by atoms with van der Waals surface area (Å²) in [5.41, 5.74) is 2.98. The van der Waals surface area contributed by atoms with E-state index in [-0.39, 0.29) is 17.2 Å². The highest BCUT2D eigenvalue weighted by Gasteiger charge is 2.24. The third-order valence-corrected chi connectivity index (χ3v) is 6.07. The molecule has 2 aromatic carbocycles. The predicted molar refractivity (Wildman–Crippen MR) is 93.5 cm³/mol. The van der Waals surface area contributed by atoms with Crippen LogP contribution in [0.5, 0.6) is 0 Å². The molecular formula is C18H20N2O3S. The first kappa shape index (κ1) is 16.7. The Morgan fingerprint density at radius 3 is 2.42 bits per heavy atom. The summed E-state index contributed by atoms with van der Waals surface area (Å²) < 4.78 is 25.3. The number of rotatable bonds is 4. The lowest BCUT2D eigenvalue weighted by Crippen LogP contribution is -2.30. The van der Waals surface area contributed by atoms with Crippen LogP contribution in [-0.2, 0) is 27.7 Å². The third-order valence-electron chi connectivity index (χ3n) is 4.25. The summed E-state index contributed by atoms with van der Waals surface area (Å²) in [6.07, 6.45) is 1.14. The maximum Gasteiger partial charge on any atom is 0.242 e. The molecule has 6 heteroatoms. The van der Waals surface area contributed by atoms with E-state index >= 15 is 0 Å². The fourth-order valence-corrected chi connectivity index (χ4v) is 3.76. The SMILES string of the molecule is CN(C)S(=O)(=O)c1ccc(CC(=O)N2CCc3ccccc32)cc1. The van der Waals surface area contributed by atoms with Gasteiger partial charge in [-0.3, -0.25) is 4.79 Å². The van der Waals surface area contributed by atoms with Crippen molar-refractivity contribution in [2.24, 2.45) is 0 Å². The first-order valence-electron chi connectivity index (χ1n) is 7.79. The number of hydrogen-bond donors (Lipinski definition) is 0. The standard InChI is InChI=1S/C18H20N2O3S/c1-19(2)24(22,23)16-9-7-14(8-10-16)13-18(21)20-12-11-15-5-3-4-6-17(15)20/h3-10H,11-13H2,1-2H3. The molecule has 0 N–H and O–H groups in total. The minimum Gasteiger partial charge on any atom is -0.312 e. The molecule has 0 aromatic heterocycles. The summed E-state index contributed by atoms with van der Waals surface area (Å²) in [5.74, 6) is 0.0307. The first-order chi connectivity index (χ1) is 11.4. The quantitative estimate of drug-likeness (QED) is 0.853. The Kier molecular flexibility index (Phi) is 4.43. The van der Waals surface area contributed by atoms with Gasteiger partial charge < -0.3 is 4.90 Å². The van der Waals surface area contributed by atoms with E-state index < -0.39 is 10.0 Å². The van der Waals surface area contributed by atoms with Gasteiger partial charge in [0.1, 0.15) is 0 Å². The fourth-order valence-electron chi connectivity index (χ4n) is 2.86. The molecule has 126 valence electrons. The number of para-hydroxylation sites is 1. The number of nitrogens with zero attached hydrogens (tertiary/aromatic N) is 2. The van der Waals surface area contributed by atoms with Crippen LogP contribution in [0.25, 0.3) is 0 Å². The molecule has 0 spiro atoms. The zero-order valence-corrected chi connectivity index (χ0v) is 14.6. The molecule has 0 radical (unpaired) electrons. The minimum absolute atomic E-state index is 0.0307. The molecule has 5 nitrogen and oxygen atoms in total. The Bertz CT molecular complexity index is 858. The molecule has 0 atom stereocenters. The van der Waals surface area contributed by atoms with Crippen molar-refractivity contribution in [1.82, 2.24) is 4.31 Å². The Morgan fingerprint density at radius 2 is 1.75 bits per heavy atom. The minimum atomic E-state index is -3.44. The molecule has 3 rings (SSSR count). The number of anilines is 1. The van der Waals surface area contributed by atoms with Gasteiger partial charge in [-0.05, 0) is 35.7 Å². The second-order valence-corrected chi connectivity index (χ2v) is 8.18. The van der Waals surface area contributed by atoms with E-state index in [4.69, 9.17) is 0 Å². The van der Waals surface area contributed by atoms with E-state index in [0.717, 1.165) is 17.7 Å². The predicted octanol–water partition coefficient (Wildman–Crippen LogP) is 2.07. The topological polar surface area (TPSA) is 57.7 Å². The van der Waals surface area contributed by atoms with Crippen LogP contribution in [0.1, 0.15) is 11.1 Å². The first-order valence-corrected chi connectivity index (χ1v) is 9.23. The van der Waals surface area contributed by atoms with Gasteiger partial charge in [0.25, 0.3) is 0 Å². The lowest BCUT2D eigenvalue weighted by molar-refractivity contribution is -0.117. The second-order valence-electron chi connectivity index (χ2n) is 6.03. The van der Waals surface area contributed by atoms with Gasteiger partial charge in [-0.2, -0.15) is 0 Å². The second kappa shape index (κ2) is 6.37.